The monoisotopic (exact) mass is 431 g/mol. The molecule has 0 aliphatic heterocycles. The summed E-state index contributed by atoms with van der Waals surface area (Å²) in [4.78, 5) is 20.5. The van der Waals surface area contributed by atoms with Gasteiger partial charge < -0.3 is 14.8 Å². The number of hydrogen-bond donors (Lipinski definition) is 1. The minimum Gasteiger partial charge on any atom is -0.486 e. The molecule has 1 amide bonds. The van der Waals surface area contributed by atoms with Gasteiger partial charge in [0, 0.05) is 6.20 Å². The van der Waals surface area contributed by atoms with Gasteiger partial charge in [-0.25, -0.2) is 0 Å². The van der Waals surface area contributed by atoms with Crippen LogP contribution in [-0.2, 0) is 17.6 Å². The zero-order valence-electron chi connectivity index (χ0n) is 16.6. The summed E-state index contributed by atoms with van der Waals surface area (Å²) in [6.45, 7) is 1.74. The maximum atomic E-state index is 12.6. The smallest absolute Gasteiger partial charge is 0.416 e. The van der Waals surface area contributed by atoms with E-state index in [2.05, 4.69) is 15.3 Å². The van der Waals surface area contributed by atoms with Gasteiger partial charge in [0.25, 0.3) is 5.91 Å². The Kier molecular flexibility index (Phi) is 7.07. The Labute approximate surface area is 177 Å². The largest absolute Gasteiger partial charge is 0.486 e. The molecule has 1 aromatic carbocycles. The van der Waals surface area contributed by atoms with Gasteiger partial charge in [0.2, 0.25) is 0 Å². The van der Waals surface area contributed by atoms with Gasteiger partial charge in [-0.3, -0.25) is 14.8 Å². The van der Waals surface area contributed by atoms with Gasteiger partial charge in [0.05, 0.1) is 29.2 Å². The molecule has 3 aromatic rings. The van der Waals surface area contributed by atoms with E-state index in [4.69, 9.17) is 9.47 Å². The van der Waals surface area contributed by atoms with E-state index in [1.807, 2.05) is 18.2 Å². The normalized spacial score (nSPS) is 12.1. The van der Waals surface area contributed by atoms with E-state index in [1.54, 1.807) is 31.5 Å². The summed E-state index contributed by atoms with van der Waals surface area (Å²) in [5, 5.41) is 2.72. The van der Waals surface area contributed by atoms with Crippen LogP contribution < -0.4 is 14.8 Å². The molecule has 9 heteroatoms. The fourth-order valence-corrected chi connectivity index (χ4v) is 2.62. The first-order valence-electron chi connectivity index (χ1n) is 9.39. The minimum absolute atomic E-state index is 0.170. The maximum absolute atomic E-state index is 12.6. The summed E-state index contributed by atoms with van der Waals surface area (Å²) in [5.41, 5.74) is 0.629. The van der Waals surface area contributed by atoms with Crippen LogP contribution in [0.2, 0.25) is 0 Å². The summed E-state index contributed by atoms with van der Waals surface area (Å²) in [6.07, 6.45) is -1.18. The van der Waals surface area contributed by atoms with Crippen LogP contribution in [0, 0.1) is 0 Å². The van der Waals surface area contributed by atoms with Crippen LogP contribution in [0.5, 0.6) is 11.5 Å². The summed E-state index contributed by atoms with van der Waals surface area (Å²) < 4.78 is 48.5. The van der Waals surface area contributed by atoms with Gasteiger partial charge in [-0.1, -0.05) is 6.07 Å². The third-order valence-corrected chi connectivity index (χ3v) is 4.24. The summed E-state index contributed by atoms with van der Waals surface area (Å²) in [7, 11) is 0. The highest BCUT2D eigenvalue weighted by Crippen LogP contribution is 2.30. The highest BCUT2D eigenvalue weighted by molar-refractivity contribution is 5.77. The fourth-order valence-electron chi connectivity index (χ4n) is 2.62. The van der Waals surface area contributed by atoms with Gasteiger partial charge in [0.1, 0.15) is 18.1 Å². The molecule has 1 unspecified atom stereocenters. The molecule has 0 fully saturated rings. The Balaban J connectivity index is 1.45. The van der Waals surface area contributed by atoms with E-state index in [0.29, 0.717) is 18.1 Å². The average molecular weight is 431 g/mol. The van der Waals surface area contributed by atoms with Gasteiger partial charge >= 0.3 is 6.18 Å². The molecule has 0 saturated heterocycles. The number of nitrogens with one attached hydrogen (secondary N) is 1. The van der Waals surface area contributed by atoms with Crippen LogP contribution in [0.4, 0.5) is 13.2 Å². The van der Waals surface area contributed by atoms with Crippen molar-refractivity contribution in [1.29, 1.82) is 0 Å². The minimum atomic E-state index is -4.42. The fraction of sp³-hybridized carbons (Fsp3) is 0.227. The van der Waals surface area contributed by atoms with E-state index < -0.39 is 23.7 Å². The predicted octanol–water partition coefficient (Wildman–Crippen LogP) is 4.33. The average Bonchev–Trinajstić information content (AvgIpc) is 2.77. The van der Waals surface area contributed by atoms with E-state index >= 15 is 0 Å². The second-order valence-electron chi connectivity index (χ2n) is 6.63. The molecule has 0 radical (unpaired) electrons. The van der Waals surface area contributed by atoms with Crippen LogP contribution in [0.1, 0.15) is 29.9 Å². The lowest BCUT2D eigenvalue weighted by atomic mass is 10.2. The molecule has 0 bridgehead atoms. The predicted molar refractivity (Wildman–Crippen MR) is 106 cm³/mol. The number of pyridine rings is 2. The summed E-state index contributed by atoms with van der Waals surface area (Å²) >= 11 is 0. The highest BCUT2D eigenvalue weighted by Gasteiger charge is 2.30. The third-order valence-electron chi connectivity index (χ3n) is 4.24. The van der Waals surface area contributed by atoms with Crippen molar-refractivity contribution in [1.82, 2.24) is 15.3 Å². The Morgan fingerprint density at radius 2 is 1.74 bits per heavy atom. The summed E-state index contributed by atoms with van der Waals surface area (Å²) in [5.74, 6) is 0.312. The molecular weight excluding hydrogens is 411 g/mol. The van der Waals surface area contributed by atoms with Crippen LogP contribution >= 0.6 is 0 Å². The number of rotatable bonds is 8. The Bertz CT molecular complexity index is 979. The van der Waals surface area contributed by atoms with Crippen molar-refractivity contribution >= 4 is 5.91 Å². The number of nitrogens with zero attached hydrogens (tertiary/aromatic N) is 2. The molecule has 2 aromatic heterocycles. The lowest BCUT2D eigenvalue weighted by Crippen LogP contribution is -2.31. The third kappa shape index (κ3) is 6.70. The number of hydrogen-bond acceptors (Lipinski definition) is 5. The van der Waals surface area contributed by atoms with Crippen molar-refractivity contribution in [2.75, 3.05) is 6.61 Å². The number of ether oxygens (including phenoxy) is 2. The standard InChI is InChI=1S/C22H20F3N3O3/c1-15(20-10-9-19(12-27-20)30-13-17-4-2-3-11-26-17)28-21(29)14-31-18-7-5-16(6-8-18)22(23,24)25/h2-12,15H,13-14H2,1H3,(H,28,29). The molecule has 6 nitrogen and oxygen atoms in total. The quantitative estimate of drug-likeness (QED) is 0.575. The number of carbonyl (C=O) groups excluding carboxylic acids is 1. The van der Waals surface area contributed by atoms with E-state index in [9.17, 15) is 18.0 Å². The number of halogens is 3. The molecule has 31 heavy (non-hydrogen) atoms. The van der Waals surface area contributed by atoms with Crippen LogP contribution in [-0.4, -0.2) is 22.5 Å². The zero-order chi connectivity index (χ0) is 22.3. The Hall–Kier alpha value is -3.62. The Morgan fingerprint density at radius 3 is 2.35 bits per heavy atom. The van der Waals surface area contributed by atoms with E-state index in [-0.39, 0.29) is 12.4 Å². The molecule has 162 valence electrons. The van der Waals surface area contributed by atoms with Crippen molar-refractivity contribution in [2.24, 2.45) is 0 Å². The molecule has 2 heterocycles. The molecule has 0 aliphatic carbocycles. The summed E-state index contributed by atoms with van der Waals surface area (Å²) in [6, 6.07) is 12.8. The van der Waals surface area contributed by atoms with E-state index in [1.165, 1.54) is 12.1 Å². The Morgan fingerprint density at radius 1 is 1.00 bits per heavy atom. The highest BCUT2D eigenvalue weighted by atomic mass is 19.4. The van der Waals surface area contributed by atoms with Crippen molar-refractivity contribution in [3.05, 3.63) is 83.9 Å². The van der Waals surface area contributed by atoms with E-state index in [0.717, 1.165) is 17.8 Å². The molecule has 1 N–H and O–H groups in total. The second-order valence-corrected chi connectivity index (χ2v) is 6.63. The molecule has 1 atom stereocenters. The van der Waals surface area contributed by atoms with Crippen LogP contribution in [0.25, 0.3) is 0 Å². The first-order chi connectivity index (χ1) is 14.8. The molecular formula is C22H20F3N3O3. The van der Waals surface area contributed by atoms with Crippen LogP contribution in [0.3, 0.4) is 0 Å². The maximum Gasteiger partial charge on any atom is 0.416 e. The SMILES string of the molecule is CC(NC(=O)COc1ccc(C(F)(F)F)cc1)c1ccc(OCc2ccccn2)cn1. The first kappa shape index (κ1) is 22.1. The zero-order valence-corrected chi connectivity index (χ0v) is 16.6. The van der Waals surface area contributed by atoms with Gasteiger partial charge in [0.15, 0.2) is 6.61 Å². The first-order valence-corrected chi connectivity index (χ1v) is 9.39. The number of aromatic nitrogens is 2. The number of amides is 1. The number of carbonyl (C=O) groups is 1. The topological polar surface area (TPSA) is 73.3 Å². The molecule has 3 rings (SSSR count). The molecule has 0 aliphatic rings. The van der Waals surface area contributed by atoms with Crippen LogP contribution in [0.15, 0.2) is 67.0 Å². The van der Waals surface area contributed by atoms with Crippen molar-refractivity contribution in [3.63, 3.8) is 0 Å². The van der Waals surface area contributed by atoms with Gasteiger partial charge in [-0.2, -0.15) is 13.2 Å². The van der Waals surface area contributed by atoms with Crippen molar-refractivity contribution in [3.8, 4) is 11.5 Å². The molecule has 0 spiro atoms. The lowest BCUT2D eigenvalue weighted by molar-refractivity contribution is -0.137. The van der Waals surface area contributed by atoms with Crippen molar-refractivity contribution in [2.45, 2.75) is 25.7 Å². The molecule has 0 saturated carbocycles. The van der Waals surface area contributed by atoms with Gasteiger partial charge in [-0.05, 0) is 55.5 Å². The van der Waals surface area contributed by atoms with Gasteiger partial charge in [-0.15, -0.1) is 0 Å². The van der Waals surface area contributed by atoms with Crippen molar-refractivity contribution < 1.29 is 27.4 Å². The second kappa shape index (κ2) is 9.92. The number of benzene rings is 1. The number of alkyl halides is 3. The lowest BCUT2D eigenvalue weighted by Gasteiger charge is -2.15.